The van der Waals surface area contributed by atoms with Crippen molar-refractivity contribution in [3.63, 3.8) is 0 Å². The second-order valence-corrected chi connectivity index (χ2v) is 4.31. The topological polar surface area (TPSA) is 54.9 Å². The van der Waals surface area contributed by atoms with Crippen molar-refractivity contribution < 1.29 is 13.9 Å². The molecule has 22 heavy (non-hydrogen) atoms. The van der Waals surface area contributed by atoms with E-state index in [0.29, 0.717) is 32.3 Å². The lowest BCUT2D eigenvalue weighted by atomic mass is 10.2. The highest BCUT2D eigenvalue weighted by Gasteiger charge is 2.04. The van der Waals surface area contributed by atoms with Gasteiger partial charge in [-0.2, -0.15) is 0 Å². The van der Waals surface area contributed by atoms with Gasteiger partial charge >= 0.3 is 0 Å². The average Bonchev–Trinajstić information content (AvgIpc) is 2.47. The fourth-order valence-corrected chi connectivity index (χ4v) is 1.70. The third kappa shape index (κ3) is 7.79. The van der Waals surface area contributed by atoms with Gasteiger partial charge in [-0.25, -0.2) is 9.38 Å². The van der Waals surface area contributed by atoms with Crippen molar-refractivity contribution in [2.45, 2.75) is 20.4 Å². The monoisotopic (exact) mass is 425 g/mol. The zero-order valence-corrected chi connectivity index (χ0v) is 15.6. The van der Waals surface area contributed by atoms with Crippen LogP contribution in [0.15, 0.2) is 23.2 Å². The summed E-state index contributed by atoms with van der Waals surface area (Å²) in [5.74, 6) is 0.598. The third-order valence-electron chi connectivity index (χ3n) is 2.66. The number of ether oxygens (including phenoxy) is 2. The van der Waals surface area contributed by atoms with Gasteiger partial charge in [0.1, 0.15) is 0 Å². The molecule has 1 aromatic carbocycles. The van der Waals surface area contributed by atoms with Crippen molar-refractivity contribution in [1.82, 2.24) is 10.6 Å². The highest BCUT2D eigenvalue weighted by atomic mass is 127. The van der Waals surface area contributed by atoms with Crippen molar-refractivity contribution >= 4 is 29.9 Å². The Labute approximate surface area is 148 Å². The van der Waals surface area contributed by atoms with E-state index in [1.54, 1.807) is 13.2 Å². The summed E-state index contributed by atoms with van der Waals surface area (Å²) < 4.78 is 23.9. The van der Waals surface area contributed by atoms with Gasteiger partial charge in [0.2, 0.25) is 0 Å². The van der Waals surface area contributed by atoms with E-state index in [2.05, 4.69) is 15.6 Å². The number of benzene rings is 1. The van der Waals surface area contributed by atoms with E-state index in [4.69, 9.17) is 9.47 Å². The van der Waals surface area contributed by atoms with Crippen LogP contribution in [-0.4, -0.2) is 39.4 Å². The zero-order valence-electron chi connectivity index (χ0n) is 13.3. The molecule has 0 bridgehead atoms. The molecule has 0 saturated carbocycles. The summed E-state index contributed by atoms with van der Waals surface area (Å²) in [4.78, 5) is 4.40. The van der Waals surface area contributed by atoms with Gasteiger partial charge < -0.3 is 20.1 Å². The minimum Gasteiger partial charge on any atom is -0.491 e. The van der Waals surface area contributed by atoms with Crippen LogP contribution in [0.2, 0.25) is 0 Å². The number of hydrogen-bond donors (Lipinski definition) is 2. The molecule has 0 atom stereocenters. The third-order valence-corrected chi connectivity index (χ3v) is 2.66. The molecule has 1 rings (SSSR count). The van der Waals surface area contributed by atoms with Crippen molar-refractivity contribution in [2.24, 2.45) is 4.99 Å². The highest BCUT2D eigenvalue weighted by Crippen LogP contribution is 2.18. The molecule has 0 aliphatic rings. The normalized spacial score (nSPS) is 10.8. The van der Waals surface area contributed by atoms with Gasteiger partial charge in [0.15, 0.2) is 17.5 Å². The smallest absolute Gasteiger partial charge is 0.191 e. The summed E-state index contributed by atoms with van der Waals surface area (Å²) in [6.07, 6.45) is 0. The zero-order chi connectivity index (χ0) is 15.5. The van der Waals surface area contributed by atoms with E-state index < -0.39 is 0 Å². The van der Waals surface area contributed by atoms with Gasteiger partial charge in [0, 0.05) is 20.2 Å². The average molecular weight is 425 g/mol. The quantitative estimate of drug-likeness (QED) is 0.291. The van der Waals surface area contributed by atoms with Gasteiger partial charge in [-0.05, 0) is 31.5 Å². The Morgan fingerprint density at radius 1 is 1.27 bits per heavy atom. The molecule has 7 heteroatoms. The summed E-state index contributed by atoms with van der Waals surface area (Å²) in [6.45, 7) is 6.68. The first-order valence-electron chi connectivity index (χ1n) is 7.13. The van der Waals surface area contributed by atoms with E-state index in [9.17, 15) is 4.39 Å². The number of nitrogens with zero attached hydrogens (tertiary/aromatic N) is 1. The minimum absolute atomic E-state index is 0. The van der Waals surface area contributed by atoms with Crippen molar-refractivity contribution in [2.75, 3.05) is 33.4 Å². The SMILES string of the molecule is CCNC(=NCc1ccc(OCC)c(F)c1)NCCOC.I. The first-order valence-corrected chi connectivity index (χ1v) is 7.13. The maximum absolute atomic E-state index is 13.7. The van der Waals surface area contributed by atoms with Crippen LogP contribution in [0.1, 0.15) is 19.4 Å². The van der Waals surface area contributed by atoms with Crippen molar-refractivity contribution in [3.8, 4) is 5.75 Å². The maximum atomic E-state index is 13.7. The largest absolute Gasteiger partial charge is 0.491 e. The predicted octanol–water partition coefficient (Wildman–Crippen LogP) is 2.54. The number of nitrogens with one attached hydrogen (secondary N) is 2. The molecular formula is C15H25FIN3O2. The van der Waals surface area contributed by atoms with Gasteiger partial charge in [0.05, 0.1) is 19.8 Å². The molecule has 1 aromatic rings. The molecule has 0 unspecified atom stereocenters. The van der Waals surface area contributed by atoms with Gasteiger partial charge in [-0.15, -0.1) is 24.0 Å². The summed E-state index contributed by atoms with van der Waals surface area (Å²) in [7, 11) is 1.65. The molecule has 0 aliphatic heterocycles. The van der Waals surface area contributed by atoms with Crippen LogP contribution in [0.4, 0.5) is 4.39 Å². The Morgan fingerprint density at radius 3 is 2.64 bits per heavy atom. The molecule has 2 N–H and O–H groups in total. The number of halogens is 2. The Hall–Kier alpha value is -1.09. The number of aliphatic imine (C=N–C) groups is 1. The molecule has 126 valence electrons. The molecule has 0 fully saturated rings. The molecule has 0 aliphatic carbocycles. The Balaban J connectivity index is 0.00000441. The molecule has 0 heterocycles. The predicted molar refractivity (Wildman–Crippen MR) is 97.7 cm³/mol. The van der Waals surface area contributed by atoms with Gasteiger partial charge in [-0.1, -0.05) is 6.07 Å². The van der Waals surface area contributed by atoms with Crippen LogP contribution in [0.5, 0.6) is 5.75 Å². The number of guanidine groups is 1. The Kier molecular flexibility index (Phi) is 11.8. The molecule has 5 nitrogen and oxygen atoms in total. The van der Waals surface area contributed by atoms with E-state index in [1.165, 1.54) is 6.07 Å². The van der Waals surface area contributed by atoms with Gasteiger partial charge in [-0.3, -0.25) is 0 Å². The van der Waals surface area contributed by atoms with Crippen LogP contribution in [0.25, 0.3) is 0 Å². The summed E-state index contributed by atoms with van der Waals surface area (Å²) in [5.41, 5.74) is 0.792. The lowest BCUT2D eigenvalue weighted by molar-refractivity contribution is 0.203. The number of rotatable bonds is 8. The fourth-order valence-electron chi connectivity index (χ4n) is 1.70. The van der Waals surface area contributed by atoms with Crippen LogP contribution in [-0.2, 0) is 11.3 Å². The van der Waals surface area contributed by atoms with E-state index >= 15 is 0 Å². The van der Waals surface area contributed by atoms with Crippen molar-refractivity contribution in [3.05, 3.63) is 29.6 Å². The standard InChI is InChI=1S/C15H24FN3O2.HI/c1-4-17-15(18-8-9-20-3)19-11-12-6-7-14(21-5-2)13(16)10-12;/h6-7,10H,4-5,8-9,11H2,1-3H3,(H2,17,18,19);1H. The summed E-state index contributed by atoms with van der Waals surface area (Å²) in [5, 5.41) is 6.26. The maximum Gasteiger partial charge on any atom is 0.191 e. The second-order valence-electron chi connectivity index (χ2n) is 4.31. The molecule has 0 aromatic heterocycles. The van der Waals surface area contributed by atoms with Crippen LogP contribution in [0.3, 0.4) is 0 Å². The molecule has 0 amide bonds. The second kappa shape index (κ2) is 12.5. The first kappa shape index (κ1) is 20.9. The molecule has 0 saturated heterocycles. The number of hydrogen-bond acceptors (Lipinski definition) is 3. The van der Waals surface area contributed by atoms with E-state index in [-0.39, 0.29) is 35.5 Å². The lowest BCUT2D eigenvalue weighted by Gasteiger charge is -2.11. The molecule has 0 radical (unpaired) electrons. The van der Waals surface area contributed by atoms with E-state index in [0.717, 1.165) is 12.1 Å². The first-order chi connectivity index (χ1) is 10.2. The molecular weight excluding hydrogens is 400 g/mol. The number of methoxy groups -OCH3 is 1. The van der Waals surface area contributed by atoms with Crippen molar-refractivity contribution in [1.29, 1.82) is 0 Å². The molecule has 0 spiro atoms. The fraction of sp³-hybridized carbons (Fsp3) is 0.533. The van der Waals surface area contributed by atoms with E-state index in [1.807, 2.05) is 19.9 Å². The lowest BCUT2D eigenvalue weighted by Crippen LogP contribution is -2.38. The van der Waals surface area contributed by atoms with Crippen LogP contribution in [0, 0.1) is 5.82 Å². The van der Waals surface area contributed by atoms with Crippen LogP contribution >= 0.6 is 24.0 Å². The summed E-state index contributed by atoms with van der Waals surface area (Å²) in [6, 6.07) is 4.90. The minimum atomic E-state index is -0.359. The van der Waals surface area contributed by atoms with Crippen LogP contribution < -0.4 is 15.4 Å². The summed E-state index contributed by atoms with van der Waals surface area (Å²) >= 11 is 0. The van der Waals surface area contributed by atoms with Gasteiger partial charge in [0.25, 0.3) is 0 Å². The Morgan fingerprint density at radius 2 is 2.05 bits per heavy atom. The highest BCUT2D eigenvalue weighted by molar-refractivity contribution is 14.0. The Bertz CT molecular complexity index is 458.